The molecule has 0 saturated carbocycles. The van der Waals surface area contributed by atoms with Crippen LogP contribution in [0.15, 0.2) is 12.4 Å². The quantitative estimate of drug-likeness (QED) is 0.799. The Morgan fingerprint density at radius 3 is 3.25 bits per heavy atom. The molecule has 86 valence electrons. The lowest BCUT2D eigenvalue weighted by Crippen LogP contribution is -2.03. The molecule has 0 aliphatic carbocycles. The first-order chi connectivity index (χ1) is 7.78. The van der Waals surface area contributed by atoms with Crippen molar-refractivity contribution in [1.29, 1.82) is 0 Å². The highest BCUT2D eigenvalue weighted by atomic mass is 32.1. The van der Waals surface area contributed by atoms with Crippen molar-refractivity contribution in [3.05, 3.63) is 16.3 Å². The van der Waals surface area contributed by atoms with Crippen molar-refractivity contribution in [1.82, 2.24) is 20.0 Å². The van der Waals surface area contributed by atoms with E-state index in [1.807, 2.05) is 6.20 Å². The molecular weight excluding hydrogens is 246 g/mol. The molecular formula is C8H11N5OS2. The van der Waals surface area contributed by atoms with Gasteiger partial charge in [0.25, 0.3) is 0 Å². The number of nitrogens with zero attached hydrogens (tertiary/aromatic N) is 3. The van der Waals surface area contributed by atoms with Crippen LogP contribution in [0.2, 0.25) is 0 Å². The van der Waals surface area contributed by atoms with Crippen LogP contribution >= 0.6 is 23.6 Å². The molecule has 0 aliphatic rings. The van der Waals surface area contributed by atoms with Gasteiger partial charge in [-0.1, -0.05) is 11.3 Å². The smallest absolute Gasteiger partial charge is 0.208 e. The fraction of sp³-hybridized carbons (Fsp3) is 0.375. The van der Waals surface area contributed by atoms with Crippen LogP contribution in [-0.4, -0.2) is 33.7 Å². The first-order valence-electron chi connectivity index (χ1n) is 4.62. The number of rotatable bonds is 5. The summed E-state index contributed by atoms with van der Waals surface area (Å²) in [6.45, 7) is 1.37. The molecule has 8 heteroatoms. The minimum absolute atomic E-state index is 0.641. The third-order valence-electron chi connectivity index (χ3n) is 1.85. The number of H-pyrrole nitrogens is 1. The standard InChI is InChI=1S/C8H11N5OS2/c1-14-3-2-13-5-6(4-9-13)10-7-11-12-8(15)16-7/h4-5H,2-3H2,1H3,(H,10,11)(H,12,15). The van der Waals surface area contributed by atoms with Crippen LogP contribution < -0.4 is 5.32 Å². The van der Waals surface area contributed by atoms with Gasteiger partial charge in [-0.3, -0.25) is 9.78 Å². The van der Waals surface area contributed by atoms with Gasteiger partial charge >= 0.3 is 0 Å². The Morgan fingerprint density at radius 1 is 1.69 bits per heavy atom. The van der Waals surface area contributed by atoms with Gasteiger partial charge in [-0.2, -0.15) is 5.10 Å². The molecule has 0 amide bonds. The van der Waals surface area contributed by atoms with E-state index >= 15 is 0 Å². The van der Waals surface area contributed by atoms with Crippen LogP contribution in [0.4, 0.5) is 10.8 Å². The molecule has 0 bridgehead atoms. The first kappa shape index (κ1) is 11.2. The predicted molar refractivity (Wildman–Crippen MR) is 64.7 cm³/mol. The van der Waals surface area contributed by atoms with E-state index in [1.165, 1.54) is 11.3 Å². The fourth-order valence-electron chi connectivity index (χ4n) is 1.14. The number of hydrogen-bond acceptors (Lipinski definition) is 6. The Bertz CT molecular complexity index is 502. The van der Waals surface area contributed by atoms with E-state index in [2.05, 4.69) is 20.6 Å². The van der Waals surface area contributed by atoms with Crippen LogP contribution in [0.1, 0.15) is 0 Å². The molecule has 0 aliphatic heterocycles. The van der Waals surface area contributed by atoms with Gasteiger partial charge in [0.2, 0.25) is 5.13 Å². The second-order valence-corrected chi connectivity index (χ2v) is 4.69. The Kier molecular flexibility index (Phi) is 3.65. The van der Waals surface area contributed by atoms with Crippen LogP contribution in [0.3, 0.4) is 0 Å². The molecule has 2 N–H and O–H groups in total. The van der Waals surface area contributed by atoms with Crippen LogP contribution in [-0.2, 0) is 11.3 Å². The minimum Gasteiger partial charge on any atom is -0.383 e. The predicted octanol–water partition coefficient (Wildman–Crippen LogP) is 1.79. The zero-order valence-electron chi connectivity index (χ0n) is 8.64. The Hall–Kier alpha value is -1.25. The fourth-order valence-corrected chi connectivity index (χ4v) is 1.95. The lowest BCUT2D eigenvalue weighted by molar-refractivity contribution is 0.183. The Balaban J connectivity index is 1.99. The Morgan fingerprint density at radius 2 is 2.56 bits per heavy atom. The molecule has 0 unspecified atom stereocenters. The SMILES string of the molecule is COCCn1cc(Nc2n[nH]c(=S)s2)cn1. The van der Waals surface area contributed by atoms with E-state index in [-0.39, 0.29) is 0 Å². The average Bonchev–Trinajstić information content (AvgIpc) is 2.86. The number of aromatic nitrogens is 4. The summed E-state index contributed by atoms with van der Waals surface area (Å²) in [6, 6.07) is 0. The normalized spacial score (nSPS) is 10.6. The molecule has 0 radical (unpaired) electrons. The number of anilines is 2. The summed E-state index contributed by atoms with van der Waals surface area (Å²) in [7, 11) is 1.67. The molecule has 2 rings (SSSR count). The highest BCUT2D eigenvalue weighted by Gasteiger charge is 2.01. The summed E-state index contributed by atoms with van der Waals surface area (Å²) in [6.07, 6.45) is 3.63. The third-order valence-corrected chi connectivity index (χ3v) is 2.85. The number of hydrogen-bond donors (Lipinski definition) is 2. The maximum absolute atomic E-state index is 4.97. The summed E-state index contributed by atoms with van der Waals surface area (Å²) in [5.41, 5.74) is 0.883. The van der Waals surface area contributed by atoms with Crippen molar-refractivity contribution in [2.45, 2.75) is 6.54 Å². The summed E-state index contributed by atoms with van der Waals surface area (Å²) in [5, 5.41) is 14.7. The Labute approximate surface area is 101 Å². The van der Waals surface area contributed by atoms with Crippen molar-refractivity contribution in [3.8, 4) is 0 Å². The van der Waals surface area contributed by atoms with Crippen LogP contribution in [0, 0.1) is 3.95 Å². The number of aromatic amines is 1. The second kappa shape index (κ2) is 5.19. The molecule has 2 heterocycles. The van der Waals surface area contributed by atoms with Crippen molar-refractivity contribution in [2.75, 3.05) is 19.0 Å². The molecule has 0 atom stereocenters. The van der Waals surface area contributed by atoms with Gasteiger partial charge in [0, 0.05) is 13.3 Å². The van der Waals surface area contributed by atoms with E-state index in [0.29, 0.717) is 10.6 Å². The number of ether oxygens (including phenoxy) is 1. The maximum atomic E-state index is 4.97. The first-order valence-corrected chi connectivity index (χ1v) is 5.84. The van der Waals surface area contributed by atoms with E-state index in [9.17, 15) is 0 Å². The van der Waals surface area contributed by atoms with Gasteiger partial charge in [0.05, 0.1) is 25.0 Å². The van der Waals surface area contributed by atoms with Crippen molar-refractivity contribution >= 4 is 34.4 Å². The maximum Gasteiger partial charge on any atom is 0.208 e. The van der Waals surface area contributed by atoms with Crippen molar-refractivity contribution in [2.24, 2.45) is 0 Å². The van der Waals surface area contributed by atoms with Crippen LogP contribution in [0.5, 0.6) is 0 Å². The molecule has 6 nitrogen and oxygen atoms in total. The molecule has 2 aromatic heterocycles. The van der Waals surface area contributed by atoms with Crippen molar-refractivity contribution in [3.63, 3.8) is 0 Å². The van der Waals surface area contributed by atoms with Gasteiger partial charge in [0.15, 0.2) is 3.95 Å². The van der Waals surface area contributed by atoms with Gasteiger partial charge < -0.3 is 10.1 Å². The van der Waals surface area contributed by atoms with E-state index in [0.717, 1.165) is 17.4 Å². The van der Waals surface area contributed by atoms with Gasteiger partial charge in [-0.05, 0) is 12.2 Å². The average molecular weight is 257 g/mol. The van der Waals surface area contributed by atoms with Crippen molar-refractivity contribution < 1.29 is 4.74 Å². The number of nitrogens with one attached hydrogen (secondary N) is 2. The van der Waals surface area contributed by atoms with E-state index in [1.54, 1.807) is 18.0 Å². The molecule has 0 saturated heterocycles. The number of methoxy groups -OCH3 is 1. The van der Waals surface area contributed by atoms with E-state index in [4.69, 9.17) is 17.0 Å². The second-order valence-electron chi connectivity index (χ2n) is 3.03. The molecule has 16 heavy (non-hydrogen) atoms. The van der Waals surface area contributed by atoms with Gasteiger partial charge in [-0.15, -0.1) is 5.10 Å². The summed E-state index contributed by atoms with van der Waals surface area (Å²) < 4.78 is 7.42. The summed E-state index contributed by atoms with van der Waals surface area (Å²) in [4.78, 5) is 0. The summed E-state index contributed by atoms with van der Waals surface area (Å²) >= 11 is 6.32. The lowest BCUT2D eigenvalue weighted by atomic mass is 10.6. The van der Waals surface area contributed by atoms with Crippen LogP contribution in [0.25, 0.3) is 0 Å². The largest absolute Gasteiger partial charge is 0.383 e. The zero-order valence-corrected chi connectivity index (χ0v) is 10.3. The monoisotopic (exact) mass is 257 g/mol. The summed E-state index contributed by atoms with van der Waals surface area (Å²) in [5.74, 6) is 0. The zero-order chi connectivity index (χ0) is 11.4. The molecule has 0 aromatic carbocycles. The molecule has 2 aromatic rings. The van der Waals surface area contributed by atoms with Gasteiger partial charge in [0.1, 0.15) is 0 Å². The van der Waals surface area contributed by atoms with Gasteiger partial charge in [-0.25, -0.2) is 0 Å². The van der Waals surface area contributed by atoms with E-state index < -0.39 is 0 Å². The highest BCUT2D eigenvalue weighted by Crippen LogP contribution is 2.17. The minimum atomic E-state index is 0.641. The molecule has 0 spiro atoms. The third kappa shape index (κ3) is 2.87. The lowest BCUT2D eigenvalue weighted by Gasteiger charge is -1.98. The highest BCUT2D eigenvalue weighted by molar-refractivity contribution is 7.73. The molecule has 0 fully saturated rings. The topological polar surface area (TPSA) is 67.8 Å².